The molecule has 27 heavy (non-hydrogen) atoms. The molecule has 0 bridgehead atoms. The van der Waals surface area contributed by atoms with E-state index in [1.165, 1.54) is 25.7 Å². The van der Waals surface area contributed by atoms with Crippen LogP contribution in [0.5, 0.6) is 0 Å². The van der Waals surface area contributed by atoms with E-state index in [2.05, 4.69) is 76.2 Å². The molecule has 0 saturated carbocycles. The number of benzene rings is 1. The Bertz CT molecular complexity index is 278. The summed E-state index contributed by atoms with van der Waals surface area (Å²) < 4.78 is 0. The van der Waals surface area contributed by atoms with Gasteiger partial charge in [-0.05, 0) is 0 Å². The molecule has 0 atom stereocenters. The Labute approximate surface area is 203 Å². The summed E-state index contributed by atoms with van der Waals surface area (Å²) in [6, 6.07) is 5.79. The normalized spacial score (nSPS) is 7.56. The molecule has 0 aliphatic heterocycles. The zero-order chi connectivity index (χ0) is 20.5. The van der Waals surface area contributed by atoms with Gasteiger partial charge in [-0.2, -0.15) is 31.7 Å². The van der Waals surface area contributed by atoms with Crippen molar-refractivity contribution in [3.63, 3.8) is 0 Å². The van der Waals surface area contributed by atoms with E-state index in [9.17, 15) is 0 Å². The molecular formula is C25H45Pt2-3. The van der Waals surface area contributed by atoms with Crippen LogP contribution >= 0.6 is 0 Å². The first-order valence-corrected chi connectivity index (χ1v) is 9.63. The molecule has 0 amide bonds. The summed E-state index contributed by atoms with van der Waals surface area (Å²) in [6.45, 7) is 34.2. The molecule has 1 aromatic carbocycles. The monoisotopic (exact) mass is 735 g/mol. The van der Waals surface area contributed by atoms with Gasteiger partial charge in [-0.1, -0.05) is 53.4 Å². The third-order valence-electron chi connectivity index (χ3n) is 2.78. The zero-order valence-corrected chi connectivity index (χ0v) is 23.0. The van der Waals surface area contributed by atoms with Crippen LogP contribution in [0.4, 0.5) is 0 Å². The standard InChI is InChI=1S/C9H9.4C4H9.2Pt/c1-7-5-4-6-8(2)9(7)3;4*1-3-4-2;;/h4-6H,1-3H2;4*1,3-4H2,2H3;;/q-3;4*-1;;+4. The molecule has 2 heteroatoms. The second-order valence-electron chi connectivity index (χ2n) is 5.47. The van der Waals surface area contributed by atoms with Crippen LogP contribution in [-0.2, 0) is 42.1 Å². The molecule has 0 N–H and O–H groups in total. The van der Waals surface area contributed by atoms with Gasteiger partial charge in [0.2, 0.25) is 0 Å². The largest absolute Gasteiger partial charge is 4.00 e. The molecule has 0 nitrogen and oxygen atoms in total. The molecular weight excluding hydrogens is 690 g/mol. The Morgan fingerprint density at radius 3 is 0.889 bits per heavy atom. The first-order valence-electron chi connectivity index (χ1n) is 9.63. The van der Waals surface area contributed by atoms with Gasteiger partial charge in [-0.3, -0.25) is 20.8 Å². The van der Waals surface area contributed by atoms with Gasteiger partial charge < -0.3 is 44.4 Å². The SMILES string of the molecule is [CH2-]CCC.[CH2-]CCC.[CH2-]CCC.[CH2-]CCC.[CH2-]c1cccc([CH2-])c1[CH2-].[Pt+4].[Pt]. The van der Waals surface area contributed by atoms with E-state index < -0.39 is 0 Å². The van der Waals surface area contributed by atoms with E-state index in [1.807, 2.05) is 18.2 Å². The molecule has 0 aliphatic carbocycles. The van der Waals surface area contributed by atoms with Crippen molar-refractivity contribution in [1.29, 1.82) is 0 Å². The van der Waals surface area contributed by atoms with Gasteiger partial charge in [-0.25, -0.2) is 12.1 Å². The fourth-order valence-electron chi connectivity index (χ4n) is 0.688. The van der Waals surface area contributed by atoms with Crippen LogP contribution in [0.3, 0.4) is 0 Å². The minimum Gasteiger partial charge on any atom is -0.343 e. The van der Waals surface area contributed by atoms with Crippen molar-refractivity contribution in [2.75, 3.05) is 0 Å². The maximum Gasteiger partial charge on any atom is 4.00 e. The van der Waals surface area contributed by atoms with Crippen molar-refractivity contribution in [3.8, 4) is 0 Å². The number of hydrogen-bond donors (Lipinski definition) is 0. The number of unbranched alkanes of at least 4 members (excludes halogenated alkanes) is 4. The Kier molecular flexibility index (Phi) is 62.8. The summed E-state index contributed by atoms with van der Waals surface area (Å²) >= 11 is 0. The number of hydrogen-bond acceptors (Lipinski definition) is 0. The minimum absolute atomic E-state index is 0. The Morgan fingerprint density at radius 1 is 0.593 bits per heavy atom. The molecule has 1 aromatic rings. The van der Waals surface area contributed by atoms with Crippen molar-refractivity contribution in [2.45, 2.75) is 79.1 Å². The fourth-order valence-corrected chi connectivity index (χ4v) is 0.688. The van der Waals surface area contributed by atoms with Crippen LogP contribution in [0.25, 0.3) is 0 Å². The minimum atomic E-state index is 0. The van der Waals surface area contributed by atoms with Crippen LogP contribution in [0.15, 0.2) is 18.2 Å². The second-order valence-corrected chi connectivity index (χ2v) is 5.47. The molecule has 0 aromatic heterocycles. The van der Waals surface area contributed by atoms with Crippen molar-refractivity contribution >= 4 is 0 Å². The third kappa shape index (κ3) is 46.3. The topological polar surface area (TPSA) is 0 Å². The molecule has 0 fully saturated rings. The predicted molar refractivity (Wildman–Crippen MR) is 121 cm³/mol. The van der Waals surface area contributed by atoms with Crippen LogP contribution in [-0.4, -0.2) is 0 Å². The smallest absolute Gasteiger partial charge is 0.343 e. The van der Waals surface area contributed by atoms with Gasteiger partial charge in [0.25, 0.3) is 0 Å². The fraction of sp³-hybridized carbons (Fsp3) is 0.480. The Morgan fingerprint density at radius 2 is 0.778 bits per heavy atom. The maximum absolute atomic E-state index is 3.79. The van der Waals surface area contributed by atoms with Crippen molar-refractivity contribution < 1.29 is 42.1 Å². The maximum atomic E-state index is 3.79. The third-order valence-corrected chi connectivity index (χ3v) is 2.78. The van der Waals surface area contributed by atoms with Gasteiger partial charge in [-0.15, -0.1) is 0 Å². The van der Waals surface area contributed by atoms with Crippen molar-refractivity contribution in [3.05, 3.63) is 83.4 Å². The molecule has 0 unspecified atom stereocenters. The summed E-state index contributed by atoms with van der Waals surface area (Å²) in [4.78, 5) is 0. The van der Waals surface area contributed by atoms with E-state index in [4.69, 9.17) is 0 Å². The van der Waals surface area contributed by atoms with Crippen LogP contribution in [0, 0.1) is 48.5 Å². The van der Waals surface area contributed by atoms with Crippen molar-refractivity contribution in [1.82, 2.24) is 0 Å². The summed E-state index contributed by atoms with van der Waals surface area (Å²) in [5.74, 6) is 0. The van der Waals surface area contributed by atoms with Crippen LogP contribution in [0.1, 0.15) is 95.8 Å². The second kappa shape index (κ2) is 40.8. The molecule has 0 spiro atoms. The van der Waals surface area contributed by atoms with Gasteiger partial charge >= 0.3 is 21.1 Å². The number of rotatable bonds is 4. The first kappa shape index (κ1) is 41.5. The summed E-state index contributed by atoms with van der Waals surface area (Å²) in [5, 5.41) is 0. The van der Waals surface area contributed by atoms with E-state index >= 15 is 0 Å². The van der Waals surface area contributed by atoms with Gasteiger partial charge in [0.05, 0.1) is 0 Å². The zero-order valence-electron chi connectivity index (χ0n) is 18.5. The van der Waals surface area contributed by atoms with Gasteiger partial charge in [0.15, 0.2) is 0 Å². The summed E-state index contributed by atoms with van der Waals surface area (Å²) in [5.41, 5.74) is 2.86. The Hall–Kier alpha value is 0.207. The van der Waals surface area contributed by atoms with E-state index in [0.29, 0.717) is 0 Å². The van der Waals surface area contributed by atoms with Crippen molar-refractivity contribution in [2.24, 2.45) is 0 Å². The molecule has 1 rings (SSSR count). The molecule has 168 valence electrons. The molecule has 0 saturated heterocycles. The van der Waals surface area contributed by atoms with E-state index in [1.54, 1.807) is 0 Å². The average Bonchev–Trinajstić information content (AvgIpc) is 2.66. The Balaban J connectivity index is -0.0000000536. The predicted octanol–water partition coefficient (Wildman–Crippen LogP) is 8.71. The van der Waals surface area contributed by atoms with Crippen LogP contribution < -0.4 is 0 Å². The summed E-state index contributed by atoms with van der Waals surface area (Å²) in [7, 11) is 0. The molecule has 0 aliphatic rings. The van der Waals surface area contributed by atoms with Gasteiger partial charge in [0, 0.05) is 21.1 Å². The van der Waals surface area contributed by atoms with Crippen LogP contribution in [0.2, 0.25) is 0 Å². The summed E-state index contributed by atoms with van der Waals surface area (Å²) in [6.07, 6.45) is 9.11. The molecule has 0 radical (unpaired) electrons. The van der Waals surface area contributed by atoms with E-state index in [0.717, 1.165) is 42.4 Å². The first-order chi connectivity index (χ1) is 11.9. The molecule has 0 heterocycles. The quantitative estimate of drug-likeness (QED) is 0.272. The average molecular weight is 736 g/mol. The van der Waals surface area contributed by atoms with E-state index in [-0.39, 0.29) is 42.1 Å². The van der Waals surface area contributed by atoms with Gasteiger partial charge in [0.1, 0.15) is 0 Å².